The zero-order valence-electron chi connectivity index (χ0n) is 11.1. The minimum Gasteiger partial charge on any atom is -0.382 e. The van der Waals surface area contributed by atoms with Gasteiger partial charge < -0.3 is 5.32 Å². The highest BCUT2D eigenvalue weighted by molar-refractivity contribution is 9.10. The summed E-state index contributed by atoms with van der Waals surface area (Å²) in [5.41, 5.74) is 3.48. The fourth-order valence-corrected chi connectivity index (χ4v) is 2.56. The SMILES string of the molecule is Cc1cc(Br)ccc1NC(C)Cc1ccc(F)cc1. The van der Waals surface area contributed by atoms with Crippen molar-refractivity contribution in [2.45, 2.75) is 26.3 Å². The van der Waals surface area contributed by atoms with Crippen LogP contribution in [-0.2, 0) is 6.42 Å². The molecule has 19 heavy (non-hydrogen) atoms. The van der Waals surface area contributed by atoms with Crippen LogP contribution in [0.2, 0.25) is 0 Å². The van der Waals surface area contributed by atoms with Gasteiger partial charge in [0.1, 0.15) is 5.82 Å². The van der Waals surface area contributed by atoms with Gasteiger partial charge in [-0.3, -0.25) is 0 Å². The number of anilines is 1. The van der Waals surface area contributed by atoms with Crippen molar-refractivity contribution in [3.63, 3.8) is 0 Å². The van der Waals surface area contributed by atoms with Gasteiger partial charge in [-0.1, -0.05) is 28.1 Å². The van der Waals surface area contributed by atoms with Crippen LogP contribution < -0.4 is 5.32 Å². The standard InChI is InChI=1S/C16H17BrFN/c1-11-9-14(17)5-8-16(11)19-12(2)10-13-3-6-15(18)7-4-13/h3-9,12,19H,10H2,1-2H3. The molecule has 0 fully saturated rings. The molecular weight excluding hydrogens is 305 g/mol. The first kappa shape index (κ1) is 14.1. The molecule has 0 aliphatic rings. The molecule has 0 heterocycles. The molecule has 2 aromatic carbocycles. The quantitative estimate of drug-likeness (QED) is 0.841. The summed E-state index contributed by atoms with van der Waals surface area (Å²) in [6.07, 6.45) is 0.871. The van der Waals surface area contributed by atoms with Crippen LogP contribution in [0.5, 0.6) is 0 Å². The van der Waals surface area contributed by atoms with Crippen LogP contribution in [0, 0.1) is 12.7 Å². The van der Waals surface area contributed by atoms with Crippen molar-refractivity contribution >= 4 is 21.6 Å². The second kappa shape index (κ2) is 6.20. The number of hydrogen-bond acceptors (Lipinski definition) is 1. The third kappa shape index (κ3) is 4.06. The van der Waals surface area contributed by atoms with E-state index in [0.717, 1.165) is 22.1 Å². The van der Waals surface area contributed by atoms with E-state index in [4.69, 9.17) is 0 Å². The zero-order chi connectivity index (χ0) is 13.8. The molecule has 0 aromatic heterocycles. The monoisotopic (exact) mass is 321 g/mol. The van der Waals surface area contributed by atoms with Gasteiger partial charge in [0.15, 0.2) is 0 Å². The third-order valence-corrected chi connectivity index (χ3v) is 3.54. The van der Waals surface area contributed by atoms with Crippen molar-refractivity contribution < 1.29 is 4.39 Å². The van der Waals surface area contributed by atoms with E-state index in [2.05, 4.69) is 47.2 Å². The highest BCUT2D eigenvalue weighted by Gasteiger charge is 2.06. The first-order valence-corrected chi connectivity index (χ1v) is 7.11. The lowest BCUT2D eigenvalue weighted by Gasteiger charge is -2.17. The maximum absolute atomic E-state index is 12.8. The minimum absolute atomic E-state index is 0.187. The Morgan fingerprint density at radius 1 is 1.16 bits per heavy atom. The van der Waals surface area contributed by atoms with E-state index < -0.39 is 0 Å². The molecule has 1 N–H and O–H groups in total. The summed E-state index contributed by atoms with van der Waals surface area (Å²) in [7, 11) is 0. The molecule has 2 aromatic rings. The van der Waals surface area contributed by atoms with Crippen molar-refractivity contribution in [3.05, 3.63) is 63.9 Å². The van der Waals surface area contributed by atoms with E-state index in [9.17, 15) is 4.39 Å². The summed E-state index contributed by atoms with van der Waals surface area (Å²) >= 11 is 3.46. The van der Waals surface area contributed by atoms with Gasteiger partial charge in [0.25, 0.3) is 0 Å². The Morgan fingerprint density at radius 3 is 2.47 bits per heavy atom. The number of benzene rings is 2. The molecule has 0 radical (unpaired) electrons. The summed E-state index contributed by atoms with van der Waals surface area (Å²) < 4.78 is 13.9. The highest BCUT2D eigenvalue weighted by Crippen LogP contribution is 2.21. The minimum atomic E-state index is -0.187. The number of nitrogens with one attached hydrogen (secondary N) is 1. The summed E-state index contributed by atoms with van der Waals surface area (Å²) in [5, 5.41) is 3.49. The molecule has 100 valence electrons. The molecule has 0 bridgehead atoms. The third-order valence-electron chi connectivity index (χ3n) is 3.05. The number of halogens is 2. The second-order valence-electron chi connectivity index (χ2n) is 4.84. The van der Waals surface area contributed by atoms with Gasteiger partial charge in [0, 0.05) is 16.2 Å². The molecule has 1 atom stereocenters. The van der Waals surface area contributed by atoms with Crippen molar-refractivity contribution in [2.75, 3.05) is 5.32 Å². The average Bonchev–Trinajstić information content (AvgIpc) is 2.36. The van der Waals surface area contributed by atoms with E-state index in [1.165, 1.54) is 17.7 Å². The topological polar surface area (TPSA) is 12.0 Å². The van der Waals surface area contributed by atoms with E-state index in [1.807, 2.05) is 18.2 Å². The van der Waals surface area contributed by atoms with Crippen molar-refractivity contribution in [1.82, 2.24) is 0 Å². The van der Waals surface area contributed by atoms with Gasteiger partial charge in [-0.15, -0.1) is 0 Å². The summed E-state index contributed by atoms with van der Waals surface area (Å²) in [4.78, 5) is 0. The van der Waals surface area contributed by atoms with Crippen LogP contribution in [0.3, 0.4) is 0 Å². The van der Waals surface area contributed by atoms with Crippen LogP contribution in [-0.4, -0.2) is 6.04 Å². The van der Waals surface area contributed by atoms with Crippen molar-refractivity contribution in [2.24, 2.45) is 0 Å². The molecule has 0 amide bonds. The van der Waals surface area contributed by atoms with Crippen LogP contribution in [0.4, 0.5) is 10.1 Å². The fourth-order valence-electron chi connectivity index (χ4n) is 2.08. The second-order valence-corrected chi connectivity index (χ2v) is 5.75. The lowest BCUT2D eigenvalue weighted by molar-refractivity contribution is 0.626. The lowest BCUT2D eigenvalue weighted by atomic mass is 10.1. The predicted octanol–water partition coefficient (Wildman–Crippen LogP) is 4.94. The molecular formula is C16H17BrFN. The summed E-state index contributed by atoms with van der Waals surface area (Å²) in [6.45, 7) is 4.21. The van der Waals surface area contributed by atoms with Gasteiger partial charge in [0.05, 0.1) is 0 Å². The van der Waals surface area contributed by atoms with E-state index in [0.29, 0.717) is 6.04 Å². The Kier molecular flexibility index (Phi) is 4.59. The van der Waals surface area contributed by atoms with Gasteiger partial charge >= 0.3 is 0 Å². The average molecular weight is 322 g/mol. The first-order valence-electron chi connectivity index (χ1n) is 6.32. The van der Waals surface area contributed by atoms with E-state index in [-0.39, 0.29) is 5.82 Å². The molecule has 0 saturated carbocycles. The number of hydrogen-bond donors (Lipinski definition) is 1. The first-order chi connectivity index (χ1) is 9.04. The Morgan fingerprint density at radius 2 is 1.84 bits per heavy atom. The smallest absolute Gasteiger partial charge is 0.123 e. The zero-order valence-corrected chi connectivity index (χ0v) is 12.7. The molecule has 2 rings (SSSR count). The molecule has 0 aliphatic heterocycles. The number of rotatable bonds is 4. The van der Waals surface area contributed by atoms with Crippen LogP contribution in [0.15, 0.2) is 46.9 Å². The fraction of sp³-hybridized carbons (Fsp3) is 0.250. The predicted molar refractivity (Wildman–Crippen MR) is 82.1 cm³/mol. The van der Waals surface area contributed by atoms with Crippen LogP contribution in [0.25, 0.3) is 0 Å². The Labute approximate surface area is 122 Å². The van der Waals surface area contributed by atoms with E-state index in [1.54, 1.807) is 0 Å². The highest BCUT2D eigenvalue weighted by atomic mass is 79.9. The molecule has 0 saturated heterocycles. The Bertz CT molecular complexity index is 551. The Hall–Kier alpha value is -1.35. The normalized spacial score (nSPS) is 12.2. The van der Waals surface area contributed by atoms with Gasteiger partial charge in [0.2, 0.25) is 0 Å². The maximum atomic E-state index is 12.8. The summed E-state index contributed by atoms with van der Waals surface area (Å²) in [6, 6.07) is 13.2. The molecule has 1 unspecified atom stereocenters. The van der Waals surface area contributed by atoms with E-state index >= 15 is 0 Å². The van der Waals surface area contributed by atoms with Crippen LogP contribution >= 0.6 is 15.9 Å². The lowest BCUT2D eigenvalue weighted by Crippen LogP contribution is -2.18. The molecule has 0 aliphatic carbocycles. The van der Waals surface area contributed by atoms with Gasteiger partial charge in [-0.05, 0) is 61.7 Å². The molecule has 1 nitrogen and oxygen atoms in total. The summed E-state index contributed by atoms with van der Waals surface area (Å²) in [5.74, 6) is -0.187. The number of aryl methyl sites for hydroxylation is 1. The van der Waals surface area contributed by atoms with Crippen molar-refractivity contribution in [3.8, 4) is 0 Å². The van der Waals surface area contributed by atoms with Crippen molar-refractivity contribution in [1.29, 1.82) is 0 Å². The molecule has 3 heteroatoms. The molecule has 0 spiro atoms. The van der Waals surface area contributed by atoms with Gasteiger partial charge in [-0.25, -0.2) is 4.39 Å². The maximum Gasteiger partial charge on any atom is 0.123 e. The van der Waals surface area contributed by atoms with Crippen LogP contribution in [0.1, 0.15) is 18.1 Å². The largest absolute Gasteiger partial charge is 0.382 e. The Balaban J connectivity index is 2.01. The van der Waals surface area contributed by atoms with Gasteiger partial charge in [-0.2, -0.15) is 0 Å².